The number of nitrogens with zero attached hydrogens (tertiary/aromatic N) is 1. The molecule has 4 nitrogen and oxygen atoms in total. The van der Waals surface area contributed by atoms with Gasteiger partial charge in [0.1, 0.15) is 5.37 Å². The van der Waals surface area contributed by atoms with Crippen molar-refractivity contribution in [3.05, 3.63) is 28.8 Å². The molecule has 2 rings (SSSR count). The lowest BCUT2D eigenvalue weighted by molar-refractivity contribution is 0.584. The molecule has 0 aromatic heterocycles. The van der Waals surface area contributed by atoms with Crippen molar-refractivity contribution in [3.8, 4) is 0 Å². The van der Waals surface area contributed by atoms with Crippen molar-refractivity contribution in [3.63, 3.8) is 0 Å². The fourth-order valence-corrected chi connectivity index (χ4v) is 5.52. The molecule has 1 aromatic rings. The quantitative estimate of drug-likeness (QED) is 0.885. The second-order valence-electron chi connectivity index (χ2n) is 5.12. The first-order valence-corrected chi connectivity index (χ1v) is 10.4. The monoisotopic (exact) mass is 348 g/mol. The van der Waals surface area contributed by atoms with E-state index < -0.39 is 15.2 Å². The lowest BCUT2D eigenvalue weighted by Crippen LogP contribution is -2.47. The van der Waals surface area contributed by atoms with Crippen LogP contribution in [-0.2, 0) is 16.4 Å². The summed E-state index contributed by atoms with van der Waals surface area (Å²) in [6.45, 7) is 4.42. The van der Waals surface area contributed by atoms with Gasteiger partial charge in [0.2, 0.25) is 0 Å². The van der Waals surface area contributed by atoms with Crippen molar-refractivity contribution in [1.29, 1.82) is 0 Å². The lowest BCUT2D eigenvalue weighted by Gasteiger charge is -2.36. The Morgan fingerprint density at radius 3 is 2.86 bits per heavy atom. The Morgan fingerprint density at radius 2 is 2.24 bits per heavy atom. The molecule has 1 aromatic carbocycles. The number of sulfone groups is 1. The topological polar surface area (TPSA) is 49.4 Å². The first kappa shape index (κ1) is 16.9. The molecule has 1 saturated heterocycles. The number of benzene rings is 1. The lowest BCUT2D eigenvalue weighted by atomic mass is 10.2. The van der Waals surface area contributed by atoms with E-state index in [2.05, 4.69) is 12.2 Å². The molecule has 7 heteroatoms. The first-order chi connectivity index (χ1) is 9.93. The second-order valence-corrected chi connectivity index (χ2v) is 8.88. The van der Waals surface area contributed by atoms with Crippen LogP contribution >= 0.6 is 23.4 Å². The summed E-state index contributed by atoms with van der Waals surface area (Å²) in [5, 5.41) is 3.38. The molecular formula is C14H21ClN2O2S2. The predicted molar refractivity (Wildman–Crippen MR) is 92.1 cm³/mol. The molecule has 0 amide bonds. The van der Waals surface area contributed by atoms with Gasteiger partial charge in [-0.05, 0) is 24.2 Å². The molecule has 0 spiro atoms. The number of anilines is 1. The predicted octanol–water partition coefficient (Wildman–Crippen LogP) is 2.37. The third-order valence-corrected chi connectivity index (χ3v) is 6.43. The molecule has 1 aliphatic rings. The van der Waals surface area contributed by atoms with Crippen molar-refractivity contribution >= 4 is 38.9 Å². The zero-order valence-corrected chi connectivity index (χ0v) is 14.7. The number of nitrogens with one attached hydrogen (secondary N) is 1. The summed E-state index contributed by atoms with van der Waals surface area (Å²) in [6.07, 6.45) is 1.30. The van der Waals surface area contributed by atoms with E-state index in [4.69, 9.17) is 11.6 Å². The van der Waals surface area contributed by atoms with Gasteiger partial charge in [-0.1, -0.05) is 24.6 Å². The Kier molecular flexibility index (Phi) is 5.82. The molecule has 0 aliphatic carbocycles. The van der Waals surface area contributed by atoms with E-state index in [0.29, 0.717) is 17.3 Å². The van der Waals surface area contributed by atoms with E-state index in [0.717, 1.165) is 30.1 Å². The van der Waals surface area contributed by atoms with E-state index >= 15 is 0 Å². The van der Waals surface area contributed by atoms with Gasteiger partial charge in [-0.2, -0.15) is 11.8 Å². The molecular weight excluding hydrogens is 328 g/mol. The summed E-state index contributed by atoms with van der Waals surface area (Å²) in [4.78, 5) is 1.92. The normalized spacial score (nSPS) is 19.8. The summed E-state index contributed by atoms with van der Waals surface area (Å²) in [7, 11) is -3.13. The fourth-order valence-electron chi connectivity index (χ4n) is 2.37. The van der Waals surface area contributed by atoms with Crippen LogP contribution in [0.2, 0.25) is 5.02 Å². The van der Waals surface area contributed by atoms with Crippen molar-refractivity contribution in [2.75, 3.05) is 35.8 Å². The van der Waals surface area contributed by atoms with E-state index in [1.165, 1.54) is 6.26 Å². The smallest absolute Gasteiger partial charge is 0.169 e. The van der Waals surface area contributed by atoms with E-state index in [9.17, 15) is 8.42 Å². The molecule has 0 bridgehead atoms. The Morgan fingerprint density at radius 1 is 1.48 bits per heavy atom. The average molecular weight is 349 g/mol. The molecule has 1 heterocycles. The molecule has 21 heavy (non-hydrogen) atoms. The third-order valence-electron chi connectivity index (χ3n) is 3.48. The summed E-state index contributed by atoms with van der Waals surface area (Å²) in [6, 6.07) is 5.86. The number of rotatable bonds is 5. The maximum absolute atomic E-state index is 12.0. The molecule has 1 N–H and O–H groups in total. The molecule has 118 valence electrons. The van der Waals surface area contributed by atoms with Gasteiger partial charge in [-0.15, -0.1) is 0 Å². The van der Waals surface area contributed by atoms with Crippen LogP contribution in [0, 0.1) is 0 Å². The minimum absolute atomic E-state index is 0.492. The highest BCUT2D eigenvalue weighted by atomic mass is 35.5. The summed E-state index contributed by atoms with van der Waals surface area (Å²) in [5.41, 5.74) is 1.92. The Labute approximate surface area is 136 Å². The molecule has 1 aliphatic heterocycles. The molecule has 0 radical (unpaired) electrons. The number of hydrogen-bond donors (Lipinski definition) is 1. The molecule has 1 fully saturated rings. The highest BCUT2D eigenvalue weighted by molar-refractivity contribution is 8.01. The number of thioether (sulfide) groups is 1. The van der Waals surface area contributed by atoms with Crippen molar-refractivity contribution in [1.82, 2.24) is 5.32 Å². The van der Waals surface area contributed by atoms with Crippen molar-refractivity contribution in [2.45, 2.75) is 18.8 Å². The standard InChI is InChI=1S/C14H21ClN2O2S2/c1-3-16-9-11-4-5-13(12(15)8-11)17-6-7-20-10-14(17)21(2,18)19/h4-5,8,14,16H,3,6-7,9-10H2,1-2H3. The highest BCUT2D eigenvalue weighted by Gasteiger charge is 2.32. The van der Waals surface area contributed by atoms with Crippen LogP contribution in [0.5, 0.6) is 0 Å². The maximum atomic E-state index is 12.0. The summed E-state index contributed by atoms with van der Waals surface area (Å²) in [5.74, 6) is 1.51. The Bertz CT molecular complexity index is 593. The van der Waals surface area contributed by atoms with Crippen LogP contribution in [-0.4, -0.2) is 44.6 Å². The zero-order chi connectivity index (χ0) is 15.5. The van der Waals surface area contributed by atoms with Gasteiger partial charge < -0.3 is 10.2 Å². The van der Waals surface area contributed by atoms with Crippen LogP contribution < -0.4 is 10.2 Å². The highest BCUT2D eigenvalue weighted by Crippen LogP contribution is 2.32. The largest absolute Gasteiger partial charge is 0.352 e. The number of hydrogen-bond acceptors (Lipinski definition) is 5. The van der Waals surface area contributed by atoms with Gasteiger partial charge >= 0.3 is 0 Å². The van der Waals surface area contributed by atoms with Crippen molar-refractivity contribution in [2.24, 2.45) is 0 Å². The Balaban J connectivity index is 2.27. The summed E-state index contributed by atoms with van der Waals surface area (Å²) >= 11 is 8.06. The van der Waals surface area contributed by atoms with E-state index in [1.54, 1.807) is 11.8 Å². The first-order valence-electron chi connectivity index (χ1n) is 6.96. The minimum Gasteiger partial charge on any atom is -0.352 e. The van der Waals surface area contributed by atoms with Crippen LogP contribution in [0.3, 0.4) is 0 Å². The van der Waals surface area contributed by atoms with E-state index in [1.807, 2.05) is 23.1 Å². The van der Waals surface area contributed by atoms with Gasteiger partial charge in [0.25, 0.3) is 0 Å². The number of halogens is 1. The SMILES string of the molecule is CCNCc1ccc(N2CCSCC2S(C)(=O)=O)c(Cl)c1. The van der Waals surface area contributed by atoms with E-state index in [-0.39, 0.29) is 0 Å². The van der Waals surface area contributed by atoms with Gasteiger partial charge in [0.05, 0.1) is 10.7 Å². The molecule has 1 atom stereocenters. The van der Waals surface area contributed by atoms with Crippen LogP contribution in [0.1, 0.15) is 12.5 Å². The van der Waals surface area contributed by atoms with Gasteiger partial charge in [0.15, 0.2) is 9.84 Å². The second kappa shape index (κ2) is 7.22. The van der Waals surface area contributed by atoms with Crippen LogP contribution in [0.15, 0.2) is 18.2 Å². The zero-order valence-electron chi connectivity index (χ0n) is 12.3. The van der Waals surface area contributed by atoms with Gasteiger partial charge in [0, 0.05) is 30.9 Å². The minimum atomic E-state index is -3.13. The van der Waals surface area contributed by atoms with Gasteiger partial charge in [-0.3, -0.25) is 0 Å². The molecule has 0 saturated carbocycles. The van der Waals surface area contributed by atoms with Crippen LogP contribution in [0.4, 0.5) is 5.69 Å². The summed E-state index contributed by atoms with van der Waals surface area (Å²) < 4.78 is 24.0. The fraction of sp³-hybridized carbons (Fsp3) is 0.571. The Hall–Kier alpha value is -0.430. The van der Waals surface area contributed by atoms with Crippen LogP contribution in [0.25, 0.3) is 0 Å². The van der Waals surface area contributed by atoms with Crippen molar-refractivity contribution < 1.29 is 8.42 Å². The average Bonchev–Trinajstić information content (AvgIpc) is 2.44. The third kappa shape index (κ3) is 4.28. The van der Waals surface area contributed by atoms with Gasteiger partial charge in [-0.25, -0.2) is 8.42 Å². The maximum Gasteiger partial charge on any atom is 0.169 e. The molecule has 1 unspecified atom stereocenters.